The lowest BCUT2D eigenvalue weighted by Gasteiger charge is -2.16. The molecular weight excluding hydrogens is 689 g/mol. The molecule has 0 bridgehead atoms. The Morgan fingerprint density at radius 3 is 1.51 bits per heavy atom. The van der Waals surface area contributed by atoms with Crippen molar-refractivity contribution in [1.29, 1.82) is 5.26 Å². The molecule has 2 heteroatoms. The molecular formula is C55H32N2. The van der Waals surface area contributed by atoms with Crippen molar-refractivity contribution < 1.29 is 0 Å². The largest absolute Gasteiger partial charge is 0.309 e. The van der Waals surface area contributed by atoms with Crippen LogP contribution < -0.4 is 0 Å². The Hall–Kier alpha value is -7.73. The molecule has 0 amide bonds. The first kappa shape index (κ1) is 31.6. The number of nitriles is 1. The third-order valence-electron chi connectivity index (χ3n) is 12.1. The molecule has 1 aromatic heterocycles. The molecule has 0 aliphatic carbocycles. The van der Waals surface area contributed by atoms with Gasteiger partial charge in [0.05, 0.1) is 22.7 Å². The number of para-hydroxylation sites is 1. The third kappa shape index (κ3) is 4.83. The minimum absolute atomic E-state index is 0.661. The van der Waals surface area contributed by atoms with E-state index in [1.165, 1.54) is 81.7 Å². The Kier molecular flexibility index (Phi) is 6.73. The molecule has 1 heterocycles. The van der Waals surface area contributed by atoms with Gasteiger partial charge < -0.3 is 4.57 Å². The summed E-state index contributed by atoms with van der Waals surface area (Å²) in [6.45, 7) is 0. The van der Waals surface area contributed by atoms with E-state index >= 15 is 0 Å². The zero-order valence-corrected chi connectivity index (χ0v) is 30.9. The number of hydrogen-bond donors (Lipinski definition) is 0. The van der Waals surface area contributed by atoms with E-state index < -0.39 is 0 Å². The number of aromatic nitrogens is 1. The van der Waals surface area contributed by atoms with Crippen molar-refractivity contribution in [2.45, 2.75) is 0 Å². The number of hydrogen-bond acceptors (Lipinski definition) is 1. The van der Waals surface area contributed by atoms with Gasteiger partial charge in [-0.15, -0.1) is 0 Å². The fourth-order valence-corrected chi connectivity index (χ4v) is 9.45. The number of fused-ring (bicyclic) bond motifs is 5. The van der Waals surface area contributed by atoms with Gasteiger partial charge in [0.2, 0.25) is 0 Å². The van der Waals surface area contributed by atoms with E-state index in [9.17, 15) is 5.26 Å². The maximum Gasteiger partial charge on any atom is 0.0991 e. The van der Waals surface area contributed by atoms with E-state index in [0.717, 1.165) is 33.1 Å². The second-order valence-corrected chi connectivity index (χ2v) is 15.2. The first-order valence-corrected chi connectivity index (χ1v) is 19.5. The summed E-state index contributed by atoms with van der Waals surface area (Å²) in [6, 6.07) is 73.0. The maximum absolute atomic E-state index is 9.82. The van der Waals surface area contributed by atoms with E-state index in [2.05, 4.69) is 187 Å². The van der Waals surface area contributed by atoms with Gasteiger partial charge in [0, 0.05) is 16.5 Å². The molecule has 0 N–H and O–H groups in total. The molecule has 0 aliphatic heterocycles. The molecule has 0 spiro atoms. The molecule has 0 saturated heterocycles. The molecule has 262 valence electrons. The summed E-state index contributed by atoms with van der Waals surface area (Å²) in [6.07, 6.45) is 0. The fraction of sp³-hybridized carbons (Fsp3) is 0. The second kappa shape index (κ2) is 12.1. The molecule has 0 saturated carbocycles. The molecule has 11 aromatic carbocycles. The highest BCUT2D eigenvalue weighted by Crippen LogP contribution is 2.43. The van der Waals surface area contributed by atoms with Gasteiger partial charge in [-0.25, -0.2) is 0 Å². The zero-order valence-electron chi connectivity index (χ0n) is 30.9. The minimum atomic E-state index is 0.661. The quantitative estimate of drug-likeness (QED) is 0.166. The van der Waals surface area contributed by atoms with Gasteiger partial charge in [-0.1, -0.05) is 121 Å². The Balaban J connectivity index is 0.992. The number of benzene rings is 11. The predicted octanol–water partition coefficient (Wildman–Crippen LogP) is 14.9. The minimum Gasteiger partial charge on any atom is -0.309 e. The van der Waals surface area contributed by atoms with Crippen LogP contribution in [0.1, 0.15) is 5.56 Å². The average Bonchev–Trinajstić information content (AvgIpc) is 3.60. The van der Waals surface area contributed by atoms with Crippen LogP contribution in [0.2, 0.25) is 0 Å². The predicted molar refractivity (Wildman–Crippen MR) is 241 cm³/mol. The number of nitrogens with zero attached hydrogens (tertiary/aromatic N) is 2. The lowest BCUT2D eigenvalue weighted by molar-refractivity contribution is 1.18. The Morgan fingerprint density at radius 1 is 0.333 bits per heavy atom. The van der Waals surface area contributed by atoms with Crippen LogP contribution in [-0.4, -0.2) is 4.57 Å². The topological polar surface area (TPSA) is 28.7 Å². The number of rotatable bonds is 4. The molecule has 12 rings (SSSR count). The summed E-state index contributed by atoms with van der Waals surface area (Å²) in [4.78, 5) is 0. The van der Waals surface area contributed by atoms with Crippen molar-refractivity contribution in [2.75, 3.05) is 0 Å². The Labute approximate surface area is 329 Å². The summed E-state index contributed by atoms with van der Waals surface area (Å²) in [5.74, 6) is 0. The van der Waals surface area contributed by atoms with Crippen LogP contribution in [0.5, 0.6) is 0 Å². The van der Waals surface area contributed by atoms with Crippen LogP contribution in [0.4, 0.5) is 0 Å². The molecule has 57 heavy (non-hydrogen) atoms. The highest BCUT2D eigenvalue weighted by atomic mass is 15.0. The Bertz CT molecular complexity index is 3570. The second-order valence-electron chi connectivity index (χ2n) is 15.2. The average molecular weight is 721 g/mol. The van der Waals surface area contributed by atoms with Gasteiger partial charge in [-0.2, -0.15) is 5.26 Å². The van der Waals surface area contributed by atoms with Gasteiger partial charge in [-0.3, -0.25) is 0 Å². The van der Waals surface area contributed by atoms with Gasteiger partial charge in [0.25, 0.3) is 0 Å². The van der Waals surface area contributed by atoms with Gasteiger partial charge in [-0.05, 0) is 160 Å². The molecule has 0 fully saturated rings. The standard InChI is InChI=1S/C55H32N2/c56-33-34-14-24-52-50(26-34)51-32-38(21-25-53(51)57(52)45-10-2-1-3-11-45)46-22-23-47(49-13-7-6-12-48(46)49)44-30-41-19-17-39-28-43(29-40-18-20-42(31-44)55(41)54(39)40)37-16-15-35-8-4-5-9-36(35)27-37/h1-32H. The van der Waals surface area contributed by atoms with Crippen LogP contribution in [0.25, 0.3) is 115 Å². The van der Waals surface area contributed by atoms with Gasteiger partial charge in [0.15, 0.2) is 0 Å². The summed E-state index contributed by atoms with van der Waals surface area (Å²) < 4.78 is 2.30. The highest BCUT2D eigenvalue weighted by molar-refractivity contribution is 6.25. The van der Waals surface area contributed by atoms with E-state index in [4.69, 9.17) is 0 Å². The normalized spacial score (nSPS) is 11.8. The van der Waals surface area contributed by atoms with Crippen LogP contribution in [0, 0.1) is 11.3 Å². The molecule has 0 radical (unpaired) electrons. The van der Waals surface area contributed by atoms with Crippen LogP contribution >= 0.6 is 0 Å². The van der Waals surface area contributed by atoms with E-state index in [0.29, 0.717) is 5.56 Å². The maximum atomic E-state index is 9.82. The molecule has 2 nitrogen and oxygen atoms in total. The van der Waals surface area contributed by atoms with Crippen molar-refractivity contribution in [1.82, 2.24) is 4.57 Å². The summed E-state index contributed by atoms with van der Waals surface area (Å²) >= 11 is 0. The monoisotopic (exact) mass is 720 g/mol. The first-order valence-electron chi connectivity index (χ1n) is 19.5. The van der Waals surface area contributed by atoms with E-state index in [1.807, 2.05) is 18.2 Å². The lowest BCUT2D eigenvalue weighted by Crippen LogP contribution is -1.93. The van der Waals surface area contributed by atoms with E-state index in [-0.39, 0.29) is 0 Å². The smallest absolute Gasteiger partial charge is 0.0991 e. The van der Waals surface area contributed by atoms with Crippen molar-refractivity contribution in [3.8, 4) is 45.1 Å². The molecule has 0 atom stereocenters. The summed E-state index contributed by atoms with van der Waals surface area (Å²) in [5.41, 5.74) is 11.2. The van der Waals surface area contributed by atoms with Gasteiger partial charge >= 0.3 is 0 Å². The Morgan fingerprint density at radius 2 is 0.842 bits per heavy atom. The highest BCUT2D eigenvalue weighted by Gasteiger charge is 2.17. The SMILES string of the molecule is N#Cc1ccc2c(c1)c1cc(-c3ccc(-c4cc5ccc6cc(-c7ccc8ccccc8c7)cc7ccc(c4)c5c67)c4ccccc34)ccc1n2-c1ccccc1. The third-order valence-corrected chi connectivity index (χ3v) is 12.1. The first-order chi connectivity index (χ1) is 28.2. The lowest BCUT2D eigenvalue weighted by atomic mass is 9.87. The summed E-state index contributed by atoms with van der Waals surface area (Å²) in [5, 5.41) is 24.7. The fourth-order valence-electron chi connectivity index (χ4n) is 9.45. The van der Waals surface area contributed by atoms with Crippen LogP contribution in [-0.2, 0) is 0 Å². The van der Waals surface area contributed by atoms with E-state index in [1.54, 1.807) is 0 Å². The van der Waals surface area contributed by atoms with Crippen molar-refractivity contribution >= 4 is 75.7 Å². The van der Waals surface area contributed by atoms with Crippen LogP contribution in [0.3, 0.4) is 0 Å². The summed E-state index contributed by atoms with van der Waals surface area (Å²) in [7, 11) is 0. The van der Waals surface area contributed by atoms with Crippen LogP contribution in [0.15, 0.2) is 194 Å². The molecule has 12 aromatic rings. The molecule has 0 aliphatic rings. The van der Waals surface area contributed by atoms with Gasteiger partial charge in [0.1, 0.15) is 0 Å². The molecule has 0 unspecified atom stereocenters. The van der Waals surface area contributed by atoms with Crippen molar-refractivity contribution in [3.63, 3.8) is 0 Å². The zero-order chi connectivity index (χ0) is 37.6. The van der Waals surface area contributed by atoms with Crippen molar-refractivity contribution in [3.05, 3.63) is 200 Å². The van der Waals surface area contributed by atoms with Crippen molar-refractivity contribution in [2.24, 2.45) is 0 Å².